The number of aliphatic hydroxyl groups excluding tert-OH is 1. The fourth-order valence-corrected chi connectivity index (χ4v) is 4.42. The van der Waals surface area contributed by atoms with Crippen LogP contribution in [0.25, 0.3) is 0 Å². The standard InChI is InChI=1S/C26H23F6NO3S/c27-25(28,29)36-20-11-9-19(10-12-20)35-21-5-1-3-17(13-21)24(33-15-23(34)16-7-8-16)18-4-2-6-22(14-18)37-26(30,31)32/h1-6,9-14,16,23-24,33-34H,7-8,15H2. The summed E-state index contributed by atoms with van der Waals surface area (Å²) in [6.07, 6.45) is -3.52. The van der Waals surface area contributed by atoms with Crippen LogP contribution in [0.3, 0.4) is 0 Å². The van der Waals surface area contributed by atoms with E-state index in [1.165, 1.54) is 24.3 Å². The van der Waals surface area contributed by atoms with Gasteiger partial charge in [0.2, 0.25) is 0 Å². The monoisotopic (exact) mass is 543 g/mol. The lowest BCUT2D eigenvalue weighted by atomic mass is 9.98. The van der Waals surface area contributed by atoms with Crippen LogP contribution >= 0.6 is 11.8 Å². The van der Waals surface area contributed by atoms with Crippen molar-refractivity contribution >= 4 is 11.8 Å². The van der Waals surface area contributed by atoms with Gasteiger partial charge < -0.3 is 19.9 Å². The minimum atomic E-state index is -4.80. The molecule has 2 unspecified atom stereocenters. The van der Waals surface area contributed by atoms with Gasteiger partial charge in [0.1, 0.15) is 17.2 Å². The fraction of sp³-hybridized carbons (Fsp3) is 0.308. The Morgan fingerprint density at radius 2 is 1.46 bits per heavy atom. The normalized spacial score (nSPS) is 15.8. The Kier molecular flexibility index (Phi) is 8.25. The molecule has 0 aliphatic heterocycles. The molecular formula is C26H23F6NO3S. The van der Waals surface area contributed by atoms with E-state index in [9.17, 15) is 31.4 Å². The van der Waals surface area contributed by atoms with Crippen LogP contribution in [0, 0.1) is 5.92 Å². The number of ether oxygens (including phenoxy) is 2. The molecule has 0 bridgehead atoms. The summed E-state index contributed by atoms with van der Waals surface area (Å²) in [5, 5.41) is 13.6. The molecule has 3 aromatic carbocycles. The van der Waals surface area contributed by atoms with E-state index in [1.807, 2.05) is 0 Å². The van der Waals surface area contributed by atoms with Crippen molar-refractivity contribution in [3.05, 3.63) is 83.9 Å². The third kappa shape index (κ3) is 8.58. The zero-order chi connectivity index (χ0) is 26.6. The van der Waals surface area contributed by atoms with Crippen molar-refractivity contribution in [2.45, 2.75) is 41.8 Å². The number of hydrogen-bond donors (Lipinski definition) is 2. The minimum absolute atomic E-state index is 0.0353. The molecule has 2 N–H and O–H groups in total. The quantitative estimate of drug-likeness (QED) is 0.206. The lowest BCUT2D eigenvalue weighted by Gasteiger charge is -2.23. The molecule has 0 heterocycles. The predicted octanol–water partition coefficient (Wildman–Crippen LogP) is 7.44. The average Bonchev–Trinajstić information content (AvgIpc) is 3.65. The molecule has 0 saturated heterocycles. The van der Waals surface area contributed by atoms with Gasteiger partial charge in [0.05, 0.1) is 12.1 Å². The minimum Gasteiger partial charge on any atom is -0.457 e. The number of nitrogens with one attached hydrogen (secondary N) is 1. The van der Waals surface area contributed by atoms with Crippen molar-refractivity contribution in [3.63, 3.8) is 0 Å². The van der Waals surface area contributed by atoms with E-state index in [-0.39, 0.29) is 40.6 Å². The molecule has 11 heteroatoms. The van der Waals surface area contributed by atoms with Gasteiger partial charge in [0.25, 0.3) is 0 Å². The van der Waals surface area contributed by atoms with Crippen LogP contribution < -0.4 is 14.8 Å². The summed E-state index contributed by atoms with van der Waals surface area (Å²) in [5.41, 5.74) is -3.19. The van der Waals surface area contributed by atoms with Crippen LogP contribution in [-0.4, -0.2) is 29.6 Å². The second-order valence-electron chi connectivity index (χ2n) is 8.56. The van der Waals surface area contributed by atoms with Gasteiger partial charge in [-0.1, -0.05) is 24.3 Å². The molecule has 37 heavy (non-hydrogen) atoms. The maximum absolute atomic E-state index is 12.9. The van der Waals surface area contributed by atoms with E-state index in [1.54, 1.807) is 36.4 Å². The predicted molar refractivity (Wildman–Crippen MR) is 127 cm³/mol. The van der Waals surface area contributed by atoms with E-state index in [2.05, 4.69) is 10.1 Å². The highest BCUT2D eigenvalue weighted by atomic mass is 32.2. The molecule has 2 atom stereocenters. The first kappa shape index (κ1) is 27.2. The van der Waals surface area contributed by atoms with Gasteiger partial charge in [-0.05, 0) is 90.2 Å². The van der Waals surface area contributed by atoms with Crippen LogP contribution in [0.5, 0.6) is 17.2 Å². The summed E-state index contributed by atoms with van der Waals surface area (Å²) < 4.78 is 85.6. The summed E-state index contributed by atoms with van der Waals surface area (Å²) >= 11 is -0.206. The van der Waals surface area contributed by atoms with Crippen molar-refractivity contribution < 1.29 is 40.9 Å². The molecule has 0 amide bonds. The molecule has 198 valence electrons. The molecule has 0 aromatic heterocycles. The van der Waals surface area contributed by atoms with E-state index in [0.29, 0.717) is 16.9 Å². The molecule has 4 nitrogen and oxygen atoms in total. The number of hydrogen-bond acceptors (Lipinski definition) is 5. The molecule has 1 fully saturated rings. The second kappa shape index (κ2) is 11.2. The summed E-state index contributed by atoms with van der Waals surface area (Å²) in [7, 11) is 0. The van der Waals surface area contributed by atoms with Crippen LogP contribution in [0.15, 0.2) is 77.7 Å². The van der Waals surface area contributed by atoms with Crippen LogP contribution in [0.2, 0.25) is 0 Å². The number of rotatable bonds is 10. The lowest BCUT2D eigenvalue weighted by Crippen LogP contribution is -2.32. The van der Waals surface area contributed by atoms with Crippen molar-refractivity contribution in [1.82, 2.24) is 5.32 Å². The Balaban J connectivity index is 1.55. The maximum Gasteiger partial charge on any atom is 0.573 e. The first-order chi connectivity index (χ1) is 17.4. The molecule has 0 radical (unpaired) electrons. The van der Waals surface area contributed by atoms with Gasteiger partial charge in [0.15, 0.2) is 0 Å². The highest BCUT2D eigenvalue weighted by molar-refractivity contribution is 8.00. The largest absolute Gasteiger partial charge is 0.573 e. The lowest BCUT2D eigenvalue weighted by molar-refractivity contribution is -0.274. The van der Waals surface area contributed by atoms with Crippen LogP contribution in [0.1, 0.15) is 30.0 Å². The summed E-state index contributed by atoms with van der Waals surface area (Å²) in [5.74, 6) is 0.462. The fourth-order valence-electron chi connectivity index (χ4n) is 3.81. The highest BCUT2D eigenvalue weighted by Gasteiger charge is 2.32. The third-order valence-corrected chi connectivity index (χ3v) is 6.33. The van der Waals surface area contributed by atoms with Crippen LogP contribution in [0.4, 0.5) is 26.3 Å². The van der Waals surface area contributed by atoms with E-state index in [0.717, 1.165) is 25.0 Å². The van der Waals surface area contributed by atoms with Gasteiger partial charge >= 0.3 is 11.9 Å². The van der Waals surface area contributed by atoms with Gasteiger partial charge in [-0.15, -0.1) is 13.2 Å². The summed E-state index contributed by atoms with van der Waals surface area (Å²) in [6, 6.07) is 17.2. The molecule has 1 aliphatic rings. The van der Waals surface area contributed by atoms with Gasteiger partial charge in [-0.25, -0.2) is 0 Å². The third-order valence-electron chi connectivity index (χ3n) is 5.61. The number of halogens is 6. The van der Waals surface area contributed by atoms with Crippen molar-refractivity contribution in [3.8, 4) is 17.2 Å². The van der Waals surface area contributed by atoms with Crippen LogP contribution in [-0.2, 0) is 0 Å². The summed E-state index contributed by atoms with van der Waals surface area (Å²) in [6.45, 7) is 0.248. The van der Waals surface area contributed by atoms with Crippen molar-refractivity contribution in [1.29, 1.82) is 0 Å². The zero-order valence-corrected chi connectivity index (χ0v) is 20.0. The molecule has 4 rings (SSSR count). The van der Waals surface area contributed by atoms with Gasteiger partial charge in [0, 0.05) is 11.4 Å². The van der Waals surface area contributed by atoms with Gasteiger partial charge in [-0.3, -0.25) is 0 Å². The zero-order valence-electron chi connectivity index (χ0n) is 19.2. The molecular weight excluding hydrogens is 520 g/mol. The molecule has 1 saturated carbocycles. The summed E-state index contributed by atoms with van der Waals surface area (Å²) in [4.78, 5) is 0.0353. The Labute approximate surface area is 213 Å². The molecule has 1 aliphatic carbocycles. The Morgan fingerprint density at radius 3 is 2.08 bits per heavy atom. The van der Waals surface area contributed by atoms with E-state index in [4.69, 9.17) is 4.74 Å². The topological polar surface area (TPSA) is 50.7 Å². The van der Waals surface area contributed by atoms with Crippen molar-refractivity contribution in [2.75, 3.05) is 6.54 Å². The number of aliphatic hydroxyl groups is 1. The van der Waals surface area contributed by atoms with Gasteiger partial charge in [-0.2, -0.15) is 13.2 Å². The Bertz CT molecular complexity index is 1180. The van der Waals surface area contributed by atoms with Crippen molar-refractivity contribution in [2.24, 2.45) is 5.92 Å². The smallest absolute Gasteiger partial charge is 0.457 e. The SMILES string of the molecule is OC(CNC(c1cccc(Oc2ccc(OC(F)(F)F)cc2)c1)c1cccc(SC(F)(F)F)c1)C1CC1. The number of thioether (sulfide) groups is 1. The number of benzene rings is 3. The first-order valence-corrected chi connectivity index (χ1v) is 12.2. The second-order valence-corrected chi connectivity index (χ2v) is 9.70. The number of alkyl halides is 6. The highest BCUT2D eigenvalue weighted by Crippen LogP contribution is 2.39. The Morgan fingerprint density at radius 1 is 0.838 bits per heavy atom. The van der Waals surface area contributed by atoms with E-state index < -0.39 is 24.0 Å². The average molecular weight is 544 g/mol. The maximum atomic E-state index is 12.9. The first-order valence-electron chi connectivity index (χ1n) is 11.4. The molecule has 0 spiro atoms. The van der Waals surface area contributed by atoms with E-state index >= 15 is 0 Å². The molecule has 3 aromatic rings. The Hall–Kier alpha value is -2.89.